The van der Waals surface area contributed by atoms with Gasteiger partial charge in [-0.2, -0.15) is 11.8 Å². The van der Waals surface area contributed by atoms with E-state index in [2.05, 4.69) is 6.26 Å². The third kappa shape index (κ3) is 2.08. The fourth-order valence-electron chi connectivity index (χ4n) is 1.49. The van der Waals surface area contributed by atoms with Crippen LogP contribution in [0.1, 0.15) is 0 Å². The molecule has 0 bridgehead atoms. The minimum atomic E-state index is -0.208. The molecule has 2 nitrogen and oxygen atoms in total. The number of fused-ring (bicyclic) bond motifs is 1. The normalized spacial score (nSPS) is 11.1. The Bertz CT molecular complexity index is 481. The van der Waals surface area contributed by atoms with Crippen LogP contribution in [0.25, 0.3) is 10.2 Å². The van der Waals surface area contributed by atoms with Crippen LogP contribution in [0.4, 0.5) is 9.52 Å². The van der Waals surface area contributed by atoms with Gasteiger partial charge in [-0.1, -0.05) is 0 Å². The van der Waals surface area contributed by atoms with Gasteiger partial charge in [-0.05, 0) is 35.8 Å². The lowest BCUT2D eigenvalue weighted by molar-refractivity contribution is -0.648. The van der Waals surface area contributed by atoms with Crippen molar-refractivity contribution >= 4 is 38.4 Å². The topological polar surface area (TPSA) is 29.9 Å². The molecule has 80 valence electrons. The van der Waals surface area contributed by atoms with Crippen LogP contribution in [0.2, 0.25) is 0 Å². The molecule has 15 heavy (non-hydrogen) atoms. The van der Waals surface area contributed by atoms with Gasteiger partial charge in [0.05, 0.1) is 4.70 Å². The van der Waals surface area contributed by atoms with Gasteiger partial charge < -0.3 is 0 Å². The molecule has 0 saturated heterocycles. The molecule has 2 rings (SSSR count). The summed E-state index contributed by atoms with van der Waals surface area (Å²) in [6.45, 7) is 0.874. The van der Waals surface area contributed by atoms with Gasteiger partial charge in [0.1, 0.15) is 17.9 Å². The maximum Gasteiger partial charge on any atom is 0.332 e. The number of rotatable bonds is 3. The van der Waals surface area contributed by atoms with Crippen molar-refractivity contribution in [2.75, 3.05) is 17.7 Å². The molecule has 1 aromatic heterocycles. The van der Waals surface area contributed by atoms with Gasteiger partial charge in [-0.3, -0.25) is 5.73 Å². The zero-order chi connectivity index (χ0) is 10.8. The number of thiazole rings is 1. The Labute approximate surface area is 95.9 Å². The standard InChI is InChI=1S/C10H11FN2S2/c1-14-5-4-13-8-3-2-7(11)6-9(8)15-10(13)12/h2-3,6,12H,4-5H2,1H3/p+1. The average molecular weight is 243 g/mol. The first-order valence-corrected chi connectivity index (χ1v) is 6.79. The maximum atomic E-state index is 13.0. The Hall–Kier alpha value is -0.810. The number of nitrogen functional groups attached to an aromatic ring is 1. The lowest BCUT2D eigenvalue weighted by Crippen LogP contribution is -2.36. The second kappa shape index (κ2) is 4.37. The Balaban J connectivity index is 2.48. The number of halogens is 1. The summed E-state index contributed by atoms with van der Waals surface area (Å²) in [5.74, 6) is 0.804. The first-order valence-electron chi connectivity index (χ1n) is 4.58. The number of anilines is 1. The second-order valence-corrected chi connectivity index (χ2v) is 5.24. The Morgan fingerprint density at radius 2 is 2.33 bits per heavy atom. The fourth-order valence-corrected chi connectivity index (χ4v) is 2.84. The van der Waals surface area contributed by atoms with E-state index in [-0.39, 0.29) is 5.82 Å². The van der Waals surface area contributed by atoms with Crippen LogP contribution in [-0.2, 0) is 6.54 Å². The molecule has 1 heterocycles. The molecule has 0 unspecified atom stereocenters. The van der Waals surface area contributed by atoms with Gasteiger partial charge in [-0.25, -0.2) is 8.96 Å². The number of nitrogens with two attached hydrogens (primary N) is 1. The molecule has 0 amide bonds. The summed E-state index contributed by atoms with van der Waals surface area (Å²) in [5, 5.41) is 0.740. The average Bonchev–Trinajstić information content (AvgIpc) is 2.50. The van der Waals surface area contributed by atoms with E-state index in [0.29, 0.717) is 0 Å². The summed E-state index contributed by atoms with van der Waals surface area (Å²) in [7, 11) is 0. The minimum Gasteiger partial charge on any atom is -0.278 e. The van der Waals surface area contributed by atoms with Crippen LogP contribution in [0, 0.1) is 5.82 Å². The van der Waals surface area contributed by atoms with Crippen molar-refractivity contribution < 1.29 is 8.96 Å². The van der Waals surface area contributed by atoms with Crippen LogP contribution in [-0.4, -0.2) is 12.0 Å². The predicted octanol–water partition coefficient (Wildman–Crippen LogP) is 2.27. The largest absolute Gasteiger partial charge is 0.332 e. The molecule has 0 fully saturated rings. The van der Waals surface area contributed by atoms with Gasteiger partial charge in [-0.15, -0.1) is 0 Å². The Morgan fingerprint density at radius 3 is 3.07 bits per heavy atom. The number of benzene rings is 1. The molecule has 0 atom stereocenters. The van der Waals surface area contributed by atoms with Crippen LogP contribution in [0.15, 0.2) is 18.2 Å². The third-order valence-corrected chi connectivity index (χ3v) is 3.78. The monoisotopic (exact) mass is 243 g/mol. The molecule has 0 aliphatic carbocycles. The highest BCUT2D eigenvalue weighted by molar-refractivity contribution is 7.98. The highest BCUT2D eigenvalue weighted by Crippen LogP contribution is 2.22. The quantitative estimate of drug-likeness (QED) is 0.838. The first-order chi connectivity index (χ1) is 7.22. The van der Waals surface area contributed by atoms with Crippen molar-refractivity contribution in [3.05, 3.63) is 24.0 Å². The number of hydrogen-bond donors (Lipinski definition) is 1. The van der Waals surface area contributed by atoms with Crippen LogP contribution in [0.5, 0.6) is 0 Å². The molecule has 0 saturated carbocycles. The van der Waals surface area contributed by atoms with Crippen molar-refractivity contribution in [3.8, 4) is 0 Å². The summed E-state index contributed by atoms with van der Waals surface area (Å²) < 4.78 is 15.9. The number of hydrogen-bond acceptors (Lipinski definition) is 3. The van der Waals surface area contributed by atoms with E-state index in [1.54, 1.807) is 17.8 Å². The van der Waals surface area contributed by atoms with E-state index in [4.69, 9.17) is 5.73 Å². The summed E-state index contributed by atoms with van der Waals surface area (Å²) in [5.41, 5.74) is 6.92. The third-order valence-electron chi connectivity index (χ3n) is 2.21. The van der Waals surface area contributed by atoms with Crippen molar-refractivity contribution in [3.63, 3.8) is 0 Å². The summed E-state index contributed by atoms with van der Waals surface area (Å²) in [6, 6.07) is 4.80. The number of aromatic nitrogens is 1. The maximum absolute atomic E-state index is 13.0. The predicted molar refractivity (Wildman–Crippen MR) is 64.8 cm³/mol. The molecule has 0 aliphatic heterocycles. The van der Waals surface area contributed by atoms with Crippen LogP contribution < -0.4 is 10.3 Å². The molecule has 5 heteroatoms. The zero-order valence-corrected chi connectivity index (χ0v) is 10.00. The fraction of sp³-hybridized carbons (Fsp3) is 0.300. The zero-order valence-electron chi connectivity index (χ0n) is 8.37. The van der Waals surface area contributed by atoms with Crippen molar-refractivity contribution in [1.82, 2.24) is 0 Å². The van der Waals surface area contributed by atoms with E-state index in [1.165, 1.54) is 23.5 Å². The molecule has 0 spiro atoms. The number of thioether (sulfide) groups is 1. The molecule has 0 aliphatic rings. The Morgan fingerprint density at radius 1 is 1.53 bits per heavy atom. The molecular weight excluding hydrogens is 231 g/mol. The van der Waals surface area contributed by atoms with Gasteiger partial charge in [0.25, 0.3) is 0 Å². The van der Waals surface area contributed by atoms with Gasteiger partial charge >= 0.3 is 5.13 Å². The molecular formula is C10H12FN2S2+. The van der Waals surface area contributed by atoms with Gasteiger partial charge in [0.15, 0.2) is 0 Å². The van der Waals surface area contributed by atoms with E-state index >= 15 is 0 Å². The molecule has 2 aromatic rings. The van der Waals surface area contributed by atoms with Crippen molar-refractivity contribution in [2.45, 2.75) is 6.54 Å². The van der Waals surface area contributed by atoms with Crippen LogP contribution in [0.3, 0.4) is 0 Å². The highest BCUT2D eigenvalue weighted by Gasteiger charge is 2.14. The van der Waals surface area contributed by atoms with Crippen molar-refractivity contribution in [2.24, 2.45) is 0 Å². The van der Waals surface area contributed by atoms with Gasteiger partial charge in [0.2, 0.25) is 0 Å². The first kappa shape index (κ1) is 10.7. The molecule has 0 radical (unpaired) electrons. The number of nitrogens with zero attached hydrogens (tertiary/aromatic N) is 1. The summed E-state index contributed by atoms with van der Waals surface area (Å²) in [6.07, 6.45) is 2.06. The smallest absolute Gasteiger partial charge is 0.278 e. The number of aryl methyl sites for hydroxylation is 1. The lowest BCUT2D eigenvalue weighted by Gasteiger charge is -1.97. The van der Waals surface area contributed by atoms with Crippen LogP contribution >= 0.6 is 23.1 Å². The van der Waals surface area contributed by atoms with E-state index in [1.807, 2.05) is 4.57 Å². The Kier molecular flexibility index (Phi) is 3.11. The van der Waals surface area contributed by atoms with E-state index in [0.717, 1.165) is 27.6 Å². The summed E-state index contributed by atoms with van der Waals surface area (Å²) >= 11 is 3.21. The molecule has 1 aromatic carbocycles. The van der Waals surface area contributed by atoms with Gasteiger partial charge in [0, 0.05) is 5.75 Å². The van der Waals surface area contributed by atoms with Crippen molar-refractivity contribution in [1.29, 1.82) is 0 Å². The highest BCUT2D eigenvalue weighted by atomic mass is 32.2. The van der Waals surface area contributed by atoms with E-state index < -0.39 is 0 Å². The minimum absolute atomic E-state index is 0.208. The second-order valence-electron chi connectivity index (χ2n) is 3.20. The SMILES string of the molecule is CSCC[n+]1c(N)sc2cc(F)ccc21. The summed E-state index contributed by atoms with van der Waals surface area (Å²) in [4.78, 5) is 0. The molecule has 2 N–H and O–H groups in total. The van der Waals surface area contributed by atoms with E-state index in [9.17, 15) is 4.39 Å². The lowest BCUT2D eigenvalue weighted by atomic mass is 10.3.